The Labute approximate surface area is 199 Å². The summed E-state index contributed by atoms with van der Waals surface area (Å²) in [6, 6.07) is 9.22. The zero-order valence-corrected chi connectivity index (χ0v) is 21.3. The highest BCUT2D eigenvalue weighted by atomic mass is 16.5. The van der Waals surface area contributed by atoms with Crippen molar-refractivity contribution in [2.75, 3.05) is 26.9 Å². The highest BCUT2D eigenvalue weighted by Crippen LogP contribution is 2.43. The lowest BCUT2D eigenvalue weighted by Crippen LogP contribution is -2.39. The highest BCUT2D eigenvalue weighted by Gasteiger charge is 2.26. The third-order valence-electron chi connectivity index (χ3n) is 6.80. The maximum atomic E-state index is 13.0. The van der Waals surface area contributed by atoms with Crippen LogP contribution in [0.4, 0.5) is 0 Å². The third kappa shape index (κ3) is 5.81. The molecule has 0 aliphatic heterocycles. The minimum Gasteiger partial charge on any atom is -0.495 e. The standard InChI is InChI=1S/C28H41NO4/c1-7-32-28(30)26-25(33-17-16-29(19(2)3)20(4)5)18-24-22(21-12-9-8-10-13-21)14-11-15-23(24)27(26)31-6/h11,14-15,18-21H,7-10,12-13,16-17H2,1-6H3. The van der Waals surface area contributed by atoms with Crippen molar-refractivity contribution in [3.8, 4) is 11.5 Å². The predicted molar refractivity (Wildman–Crippen MR) is 135 cm³/mol. The van der Waals surface area contributed by atoms with Crippen LogP contribution >= 0.6 is 0 Å². The van der Waals surface area contributed by atoms with Crippen LogP contribution in [-0.4, -0.2) is 49.8 Å². The molecular formula is C28H41NO4. The van der Waals surface area contributed by atoms with Crippen LogP contribution in [0, 0.1) is 0 Å². The van der Waals surface area contributed by atoms with Crippen molar-refractivity contribution in [1.82, 2.24) is 4.90 Å². The van der Waals surface area contributed by atoms with E-state index in [0.717, 1.165) is 17.3 Å². The smallest absolute Gasteiger partial charge is 0.345 e. The first-order valence-corrected chi connectivity index (χ1v) is 12.6. The summed E-state index contributed by atoms with van der Waals surface area (Å²) in [4.78, 5) is 15.4. The van der Waals surface area contributed by atoms with E-state index in [-0.39, 0.29) is 0 Å². The number of benzene rings is 2. The van der Waals surface area contributed by atoms with Crippen LogP contribution in [-0.2, 0) is 4.74 Å². The number of hydrogen-bond donors (Lipinski definition) is 0. The van der Waals surface area contributed by atoms with E-state index in [1.54, 1.807) is 7.11 Å². The van der Waals surface area contributed by atoms with Gasteiger partial charge in [0, 0.05) is 24.0 Å². The number of rotatable bonds is 10. The highest BCUT2D eigenvalue weighted by molar-refractivity contribution is 6.05. The fourth-order valence-electron chi connectivity index (χ4n) is 5.26. The molecule has 1 fully saturated rings. The lowest BCUT2D eigenvalue weighted by Gasteiger charge is -2.30. The summed E-state index contributed by atoms with van der Waals surface area (Å²) in [7, 11) is 1.62. The SMILES string of the molecule is CCOC(=O)c1c(OCCN(C(C)C)C(C)C)cc2c(C3CCCCC3)cccc2c1OC. The Morgan fingerprint density at radius 2 is 1.76 bits per heavy atom. The average molecular weight is 456 g/mol. The van der Waals surface area contributed by atoms with Crippen LogP contribution in [0.1, 0.15) is 88.6 Å². The molecule has 1 aliphatic carbocycles. The zero-order valence-electron chi connectivity index (χ0n) is 21.3. The summed E-state index contributed by atoms with van der Waals surface area (Å²) >= 11 is 0. The Hall–Kier alpha value is -2.27. The van der Waals surface area contributed by atoms with Gasteiger partial charge in [-0.1, -0.05) is 37.5 Å². The quantitative estimate of drug-likeness (QED) is 0.379. The maximum Gasteiger partial charge on any atom is 0.345 e. The van der Waals surface area contributed by atoms with Gasteiger partial charge >= 0.3 is 5.97 Å². The van der Waals surface area contributed by atoms with Gasteiger partial charge in [-0.2, -0.15) is 0 Å². The van der Waals surface area contributed by atoms with E-state index < -0.39 is 5.97 Å². The molecule has 0 unspecified atom stereocenters. The molecule has 0 radical (unpaired) electrons. The number of nitrogens with zero attached hydrogens (tertiary/aromatic N) is 1. The largest absolute Gasteiger partial charge is 0.495 e. The van der Waals surface area contributed by atoms with Crippen molar-refractivity contribution in [1.29, 1.82) is 0 Å². The van der Waals surface area contributed by atoms with E-state index in [2.05, 4.69) is 44.7 Å². The molecule has 0 heterocycles. The number of methoxy groups -OCH3 is 1. The molecule has 33 heavy (non-hydrogen) atoms. The zero-order chi connectivity index (χ0) is 24.0. The van der Waals surface area contributed by atoms with Crippen molar-refractivity contribution in [3.63, 3.8) is 0 Å². The molecule has 0 aromatic heterocycles. The van der Waals surface area contributed by atoms with Crippen LogP contribution in [0.5, 0.6) is 11.5 Å². The Balaban J connectivity index is 2.06. The van der Waals surface area contributed by atoms with E-state index >= 15 is 0 Å². The van der Waals surface area contributed by atoms with Crippen molar-refractivity contribution in [2.24, 2.45) is 0 Å². The lowest BCUT2D eigenvalue weighted by atomic mass is 9.81. The third-order valence-corrected chi connectivity index (χ3v) is 6.80. The Bertz CT molecular complexity index is 923. The molecule has 182 valence electrons. The molecule has 0 saturated heterocycles. The number of ether oxygens (including phenoxy) is 3. The van der Waals surface area contributed by atoms with Gasteiger partial charge in [-0.3, -0.25) is 4.90 Å². The van der Waals surface area contributed by atoms with Crippen LogP contribution in [0.25, 0.3) is 10.8 Å². The second-order valence-electron chi connectivity index (χ2n) is 9.55. The Kier molecular flexibility index (Phi) is 9.02. The lowest BCUT2D eigenvalue weighted by molar-refractivity contribution is 0.0516. The van der Waals surface area contributed by atoms with E-state index in [0.29, 0.717) is 48.3 Å². The van der Waals surface area contributed by atoms with E-state index in [9.17, 15) is 4.79 Å². The fourth-order valence-corrected chi connectivity index (χ4v) is 5.26. The van der Waals surface area contributed by atoms with Crippen molar-refractivity contribution in [3.05, 3.63) is 35.4 Å². The van der Waals surface area contributed by atoms with Crippen molar-refractivity contribution < 1.29 is 19.0 Å². The van der Waals surface area contributed by atoms with Gasteiger partial charge in [0.25, 0.3) is 0 Å². The number of carbonyl (C=O) groups is 1. The van der Waals surface area contributed by atoms with E-state index in [1.807, 2.05) is 19.1 Å². The summed E-state index contributed by atoms with van der Waals surface area (Å²) in [5, 5.41) is 2.07. The van der Waals surface area contributed by atoms with Crippen LogP contribution in [0.2, 0.25) is 0 Å². The Morgan fingerprint density at radius 1 is 1.06 bits per heavy atom. The summed E-state index contributed by atoms with van der Waals surface area (Å²) < 4.78 is 17.5. The predicted octanol–water partition coefficient (Wildman–Crippen LogP) is 6.57. The summed E-state index contributed by atoms with van der Waals surface area (Å²) in [5.41, 5.74) is 1.71. The van der Waals surface area contributed by atoms with Gasteiger partial charge in [-0.05, 0) is 70.4 Å². The molecule has 2 aromatic carbocycles. The average Bonchev–Trinajstić information content (AvgIpc) is 2.80. The second-order valence-corrected chi connectivity index (χ2v) is 9.55. The van der Waals surface area contributed by atoms with Gasteiger partial charge in [0.15, 0.2) is 0 Å². The van der Waals surface area contributed by atoms with Gasteiger partial charge in [0.2, 0.25) is 0 Å². The summed E-state index contributed by atoms with van der Waals surface area (Å²) in [5.74, 6) is 1.22. The molecule has 5 heteroatoms. The molecule has 1 aliphatic rings. The molecular weight excluding hydrogens is 414 g/mol. The van der Waals surface area contributed by atoms with Gasteiger partial charge in [-0.15, -0.1) is 0 Å². The van der Waals surface area contributed by atoms with E-state index in [4.69, 9.17) is 14.2 Å². The van der Waals surface area contributed by atoms with Gasteiger partial charge in [0.05, 0.1) is 13.7 Å². The fraction of sp³-hybridized carbons (Fsp3) is 0.607. The molecule has 0 atom stereocenters. The van der Waals surface area contributed by atoms with Crippen LogP contribution in [0.15, 0.2) is 24.3 Å². The maximum absolute atomic E-state index is 13.0. The molecule has 1 saturated carbocycles. The first-order valence-electron chi connectivity index (χ1n) is 12.6. The normalized spacial score (nSPS) is 14.9. The number of esters is 1. The molecule has 2 aromatic rings. The van der Waals surface area contributed by atoms with Crippen LogP contribution in [0.3, 0.4) is 0 Å². The van der Waals surface area contributed by atoms with Gasteiger partial charge < -0.3 is 14.2 Å². The number of hydrogen-bond acceptors (Lipinski definition) is 5. The van der Waals surface area contributed by atoms with Gasteiger partial charge in [-0.25, -0.2) is 4.79 Å². The monoisotopic (exact) mass is 455 g/mol. The van der Waals surface area contributed by atoms with Crippen molar-refractivity contribution in [2.45, 2.75) is 84.7 Å². The molecule has 0 amide bonds. The first kappa shape index (κ1) is 25.4. The molecule has 0 spiro atoms. The topological polar surface area (TPSA) is 48.0 Å². The first-order chi connectivity index (χ1) is 15.9. The molecule has 5 nitrogen and oxygen atoms in total. The van der Waals surface area contributed by atoms with Crippen molar-refractivity contribution >= 4 is 16.7 Å². The van der Waals surface area contributed by atoms with Gasteiger partial charge in [0.1, 0.15) is 23.7 Å². The molecule has 0 N–H and O–H groups in total. The molecule has 0 bridgehead atoms. The van der Waals surface area contributed by atoms with E-state index in [1.165, 1.54) is 37.7 Å². The van der Waals surface area contributed by atoms with Crippen LogP contribution < -0.4 is 9.47 Å². The summed E-state index contributed by atoms with van der Waals surface area (Å²) in [6.07, 6.45) is 6.25. The molecule has 3 rings (SSSR count). The summed E-state index contributed by atoms with van der Waals surface area (Å²) in [6.45, 7) is 12.2. The Morgan fingerprint density at radius 3 is 2.36 bits per heavy atom. The minimum absolute atomic E-state index is 0.302. The second kappa shape index (κ2) is 11.7. The number of carbonyl (C=O) groups excluding carboxylic acids is 1. The number of fused-ring (bicyclic) bond motifs is 1. The minimum atomic E-state index is -0.404.